The predicted octanol–water partition coefficient (Wildman–Crippen LogP) is 5.68. The summed E-state index contributed by atoms with van der Waals surface area (Å²) in [4.78, 5) is 18.5. The lowest BCUT2D eigenvalue weighted by Crippen LogP contribution is -2.45. The smallest absolute Gasteiger partial charge is 0.236 e. The van der Waals surface area contributed by atoms with Gasteiger partial charge in [0.2, 0.25) is 5.91 Å². The molecule has 3 aromatic rings. The van der Waals surface area contributed by atoms with Gasteiger partial charge in [0.05, 0.1) is 33.1 Å². The molecule has 1 aromatic heterocycles. The van der Waals surface area contributed by atoms with Gasteiger partial charge in [-0.3, -0.25) is 4.79 Å². The van der Waals surface area contributed by atoms with Crippen molar-refractivity contribution in [2.45, 2.75) is 64.8 Å². The number of amides is 1. The predicted molar refractivity (Wildman–Crippen MR) is 158 cm³/mol. The molecule has 1 aliphatic heterocycles. The van der Waals surface area contributed by atoms with E-state index in [2.05, 4.69) is 62.3 Å². The summed E-state index contributed by atoms with van der Waals surface area (Å²) in [7, 11) is 3.32. The fourth-order valence-electron chi connectivity index (χ4n) is 5.90. The molecule has 0 spiro atoms. The Morgan fingerprint density at radius 3 is 2.38 bits per heavy atom. The first-order chi connectivity index (χ1) is 18.7. The van der Waals surface area contributed by atoms with E-state index >= 15 is 0 Å². The van der Waals surface area contributed by atoms with Crippen molar-refractivity contribution in [3.63, 3.8) is 0 Å². The van der Waals surface area contributed by atoms with Crippen LogP contribution in [0.2, 0.25) is 0 Å². The first kappa shape index (κ1) is 29.0. The second-order valence-corrected chi connectivity index (χ2v) is 11.5. The number of ether oxygens (including phenoxy) is 2. The molecule has 0 aliphatic carbocycles. The fourth-order valence-corrected chi connectivity index (χ4v) is 5.90. The second kappa shape index (κ2) is 12.9. The van der Waals surface area contributed by atoms with Crippen LogP contribution in [-0.4, -0.2) is 67.4 Å². The summed E-state index contributed by atoms with van der Waals surface area (Å²) in [5.74, 6) is 2.80. The first-order valence-corrected chi connectivity index (χ1v) is 14.3. The Hall–Kier alpha value is -3.03. The highest BCUT2D eigenvalue weighted by Crippen LogP contribution is 2.40. The van der Waals surface area contributed by atoms with E-state index in [4.69, 9.17) is 9.47 Å². The number of rotatable bonds is 11. The molecule has 39 heavy (non-hydrogen) atoms. The third-order valence-electron chi connectivity index (χ3n) is 7.95. The number of carbonyl (C=O) groups excluding carboxylic acids is 1. The number of likely N-dealkylation sites (tertiary alicyclic amines) is 1. The Kier molecular flexibility index (Phi) is 9.57. The van der Waals surface area contributed by atoms with E-state index in [0.717, 1.165) is 54.9 Å². The molecule has 2 heterocycles. The highest BCUT2D eigenvalue weighted by Gasteiger charge is 2.25. The van der Waals surface area contributed by atoms with Gasteiger partial charge in [-0.05, 0) is 78.5 Å². The molecule has 1 aliphatic rings. The van der Waals surface area contributed by atoms with Crippen LogP contribution in [0.5, 0.6) is 11.5 Å². The number of aliphatic hydroxyl groups is 1. The highest BCUT2D eigenvalue weighted by atomic mass is 16.5. The van der Waals surface area contributed by atoms with Crippen LogP contribution in [0.1, 0.15) is 69.9 Å². The number of nitrogens with one attached hydrogen (secondary N) is 2. The number of piperidine rings is 1. The van der Waals surface area contributed by atoms with Crippen LogP contribution in [-0.2, 0) is 4.79 Å². The third-order valence-corrected chi connectivity index (χ3v) is 7.95. The van der Waals surface area contributed by atoms with Gasteiger partial charge >= 0.3 is 0 Å². The van der Waals surface area contributed by atoms with E-state index in [1.807, 2.05) is 17.0 Å². The maximum absolute atomic E-state index is 12.8. The van der Waals surface area contributed by atoms with Gasteiger partial charge in [-0.25, -0.2) is 0 Å². The molecule has 7 heteroatoms. The molecule has 1 amide bonds. The molecule has 0 radical (unpaired) electrons. The van der Waals surface area contributed by atoms with Crippen molar-refractivity contribution in [3.8, 4) is 22.8 Å². The van der Waals surface area contributed by atoms with E-state index in [-0.39, 0.29) is 25.1 Å². The maximum atomic E-state index is 12.8. The fraction of sp³-hybridized carbons (Fsp3) is 0.531. The largest absolute Gasteiger partial charge is 0.493 e. The van der Waals surface area contributed by atoms with Gasteiger partial charge in [0.1, 0.15) is 0 Å². The van der Waals surface area contributed by atoms with Crippen LogP contribution in [0.25, 0.3) is 22.2 Å². The number of benzene rings is 2. The molecule has 1 fully saturated rings. The Bertz CT molecular complexity index is 1260. The Balaban J connectivity index is 1.49. The minimum absolute atomic E-state index is 0.0291. The lowest BCUT2D eigenvalue weighted by Gasteiger charge is -2.33. The molecule has 3 N–H and O–H groups in total. The van der Waals surface area contributed by atoms with Gasteiger partial charge in [-0.2, -0.15) is 0 Å². The van der Waals surface area contributed by atoms with E-state index in [9.17, 15) is 9.90 Å². The minimum atomic E-state index is -0.0291. The number of hydrogen-bond acceptors (Lipinski definition) is 5. The molecule has 212 valence electrons. The molecule has 7 nitrogen and oxygen atoms in total. The Labute approximate surface area is 232 Å². The number of nitrogens with zero attached hydrogens (tertiary/aromatic N) is 1. The number of fused-ring (bicyclic) bond motifs is 1. The van der Waals surface area contributed by atoms with Gasteiger partial charge in [0, 0.05) is 35.6 Å². The van der Waals surface area contributed by atoms with Crippen molar-refractivity contribution in [2.24, 2.45) is 5.92 Å². The Morgan fingerprint density at radius 2 is 1.77 bits per heavy atom. The van der Waals surface area contributed by atoms with Gasteiger partial charge in [0.25, 0.3) is 0 Å². The van der Waals surface area contributed by atoms with Crippen LogP contribution in [0.15, 0.2) is 36.4 Å². The normalized spacial score (nSPS) is 15.4. The number of aliphatic hydroxyl groups excluding tert-OH is 1. The van der Waals surface area contributed by atoms with Crippen LogP contribution in [0.4, 0.5) is 0 Å². The minimum Gasteiger partial charge on any atom is -0.493 e. The average Bonchev–Trinajstić information content (AvgIpc) is 3.33. The summed E-state index contributed by atoms with van der Waals surface area (Å²) in [6.45, 7) is 10.6. The van der Waals surface area contributed by atoms with Crippen molar-refractivity contribution in [1.29, 1.82) is 0 Å². The summed E-state index contributed by atoms with van der Waals surface area (Å²) >= 11 is 0. The van der Waals surface area contributed by atoms with Crippen molar-refractivity contribution in [2.75, 3.05) is 40.5 Å². The van der Waals surface area contributed by atoms with Crippen LogP contribution in [0, 0.1) is 5.92 Å². The SMILES string of the molecule is COc1ccc(-c2[nH]c3ccc(C4CCN(C(=O)CN[C@@H](CO)CC(C)C)CC4)cc3c2C(C)C)cc1OC. The quantitative estimate of drug-likeness (QED) is 0.294. The van der Waals surface area contributed by atoms with Crippen molar-refractivity contribution in [3.05, 3.63) is 47.5 Å². The van der Waals surface area contributed by atoms with Gasteiger partial charge in [-0.1, -0.05) is 33.8 Å². The lowest BCUT2D eigenvalue weighted by molar-refractivity contribution is -0.131. The van der Waals surface area contributed by atoms with Gasteiger partial charge in [0.15, 0.2) is 11.5 Å². The summed E-state index contributed by atoms with van der Waals surface area (Å²) in [5, 5.41) is 14.1. The number of carbonyl (C=O) groups is 1. The zero-order valence-electron chi connectivity index (χ0n) is 24.3. The van der Waals surface area contributed by atoms with Crippen molar-refractivity contribution >= 4 is 16.8 Å². The van der Waals surface area contributed by atoms with E-state index < -0.39 is 0 Å². The number of methoxy groups -OCH3 is 2. The lowest BCUT2D eigenvalue weighted by atomic mass is 9.87. The van der Waals surface area contributed by atoms with E-state index in [0.29, 0.717) is 23.5 Å². The first-order valence-electron chi connectivity index (χ1n) is 14.3. The van der Waals surface area contributed by atoms with Crippen molar-refractivity contribution in [1.82, 2.24) is 15.2 Å². The molecule has 1 atom stereocenters. The topological polar surface area (TPSA) is 86.8 Å². The molecule has 0 bridgehead atoms. The third kappa shape index (κ3) is 6.59. The number of hydrogen-bond donors (Lipinski definition) is 3. The molecular formula is C32H45N3O4. The maximum Gasteiger partial charge on any atom is 0.236 e. The summed E-state index contributed by atoms with van der Waals surface area (Å²) in [5.41, 5.74) is 5.96. The molecule has 1 saturated heterocycles. The molecule has 0 unspecified atom stereocenters. The zero-order chi connectivity index (χ0) is 28.1. The summed E-state index contributed by atoms with van der Waals surface area (Å²) in [6, 6.07) is 12.8. The highest BCUT2D eigenvalue weighted by molar-refractivity contribution is 5.92. The van der Waals surface area contributed by atoms with Gasteiger partial charge < -0.3 is 29.8 Å². The number of H-pyrrole nitrogens is 1. The van der Waals surface area contributed by atoms with E-state index in [1.54, 1.807) is 14.2 Å². The van der Waals surface area contributed by atoms with Crippen LogP contribution < -0.4 is 14.8 Å². The summed E-state index contributed by atoms with van der Waals surface area (Å²) < 4.78 is 11.0. The van der Waals surface area contributed by atoms with Crippen LogP contribution in [0.3, 0.4) is 0 Å². The zero-order valence-corrected chi connectivity index (χ0v) is 24.3. The average molecular weight is 536 g/mol. The second-order valence-electron chi connectivity index (χ2n) is 11.5. The molecule has 4 rings (SSSR count). The van der Waals surface area contributed by atoms with Crippen LogP contribution >= 0.6 is 0 Å². The Morgan fingerprint density at radius 1 is 1.05 bits per heavy atom. The number of aromatic nitrogens is 1. The van der Waals surface area contributed by atoms with E-state index in [1.165, 1.54) is 16.5 Å². The summed E-state index contributed by atoms with van der Waals surface area (Å²) in [6.07, 6.45) is 2.77. The monoisotopic (exact) mass is 535 g/mol. The molecule has 0 saturated carbocycles. The molecular weight excluding hydrogens is 490 g/mol. The van der Waals surface area contributed by atoms with Gasteiger partial charge in [-0.15, -0.1) is 0 Å². The van der Waals surface area contributed by atoms with Crippen molar-refractivity contribution < 1.29 is 19.4 Å². The standard InChI is InChI=1S/C32H45N3O4/c1-20(2)15-25(19-36)33-18-30(37)35-13-11-22(12-14-35)23-7-9-27-26(16-23)31(21(3)4)32(34-27)24-8-10-28(38-5)29(17-24)39-6/h7-10,16-17,20-22,25,33-34,36H,11-15,18-19H2,1-6H3/t25-/m1/s1. The number of aromatic amines is 1. The molecule has 2 aromatic carbocycles.